The normalized spacial score (nSPS) is 14.5. The molecule has 1 aromatic heterocycles. The number of aromatic amines is 1. The van der Waals surface area contributed by atoms with Crippen molar-refractivity contribution in [3.8, 4) is 0 Å². The van der Waals surface area contributed by atoms with Crippen LogP contribution in [0.2, 0.25) is 0 Å². The van der Waals surface area contributed by atoms with Crippen molar-refractivity contribution in [3.05, 3.63) is 71.9 Å². The minimum Gasteiger partial charge on any atom is -0.481 e. The highest BCUT2D eigenvalue weighted by Gasteiger charge is 2.38. The fourth-order valence-electron chi connectivity index (χ4n) is 4.74. The van der Waals surface area contributed by atoms with E-state index in [1.165, 1.54) is 25.8 Å². The van der Waals surface area contributed by atoms with Crippen molar-refractivity contribution >= 4 is 52.3 Å². The van der Waals surface area contributed by atoms with Gasteiger partial charge in [0.15, 0.2) is 0 Å². The van der Waals surface area contributed by atoms with E-state index in [4.69, 9.17) is 10.5 Å². The van der Waals surface area contributed by atoms with Crippen LogP contribution in [0.1, 0.15) is 24.5 Å². The number of carbonyl (C=O) groups is 5. The van der Waals surface area contributed by atoms with Crippen molar-refractivity contribution in [2.75, 3.05) is 19.1 Å². The van der Waals surface area contributed by atoms with Gasteiger partial charge in [-0.05, 0) is 49.0 Å². The number of methoxy groups -OCH3 is 1. The highest BCUT2D eigenvalue weighted by atomic mass is 32.2. The largest absolute Gasteiger partial charge is 0.481 e. The number of para-hydroxylation sites is 1. The molecule has 5 atom stereocenters. The topological polar surface area (TPSA) is 193 Å². The van der Waals surface area contributed by atoms with E-state index in [-0.39, 0.29) is 19.3 Å². The van der Waals surface area contributed by atoms with Crippen molar-refractivity contribution < 1.29 is 33.8 Å². The summed E-state index contributed by atoms with van der Waals surface area (Å²) in [7, 11) is 1.18. The molecule has 44 heavy (non-hydrogen) atoms. The van der Waals surface area contributed by atoms with Crippen LogP contribution in [-0.2, 0) is 41.6 Å². The molecule has 7 N–H and O–H groups in total. The van der Waals surface area contributed by atoms with Crippen molar-refractivity contribution in [2.45, 2.75) is 50.4 Å². The highest BCUT2D eigenvalue weighted by molar-refractivity contribution is 7.98. The van der Waals surface area contributed by atoms with E-state index >= 15 is 0 Å². The van der Waals surface area contributed by atoms with E-state index in [1.54, 1.807) is 36.5 Å². The molecule has 12 nitrogen and oxygen atoms in total. The van der Waals surface area contributed by atoms with Crippen molar-refractivity contribution in [2.24, 2.45) is 11.7 Å². The molecule has 0 aliphatic carbocycles. The van der Waals surface area contributed by atoms with Gasteiger partial charge in [0.05, 0.1) is 19.1 Å². The Labute approximate surface area is 259 Å². The van der Waals surface area contributed by atoms with Crippen LogP contribution >= 0.6 is 11.8 Å². The molecule has 2 aromatic carbocycles. The van der Waals surface area contributed by atoms with Gasteiger partial charge in [-0.3, -0.25) is 19.2 Å². The molecule has 3 rings (SSSR count). The van der Waals surface area contributed by atoms with Crippen LogP contribution in [0.3, 0.4) is 0 Å². The molecule has 0 spiro atoms. The number of nitrogens with one attached hydrogen (secondary N) is 4. The maximum atomic E-state index is 13.9. The molecule has 0 bridgehead atoms. The van der Waals surface area contributed by atoms with Gasteiger partial charge in [0.25, 0.3) is 0 Å². The van der Waals surface area contributed by atoms with Crippen molar-refractivity contribution in [1.29, 1.82) is 0 Å². The van der Waals surface area contributed by atoms with Crippen LogP contribution in [0.15, 0.2) is 60.8 Å². The van der Waals surface area contributed by atoms with Gasteiger partial charge in [0, 0.05) is 23.5 Å². The first-order chi connectivity index (χ1) is 21.0. The molecule has 1 heterocycles. The number of fused-ring (bicyclic) bond motifs is 1. The second-order valence-corrected chi connectivity index (χ2v) is 11.4. The molecule has 3 amide bonds. The van der Waals surface area contributed by atoms with Gasteiger partial charge in [-0.1, -0.05) is 48.5 Å². The molecule has 0 saturated heterocycles. The Morgan fingerprint density at radius 1 is 0.909 bits per heavy atom. The maximum Gasteiger partial charge on any atom is 0.328 e. The molecule has 236 valence electrons. The molecule has 3 aromatic rings. The second kappa shape index (κ2) is 16.5. The molecule has 0 aliphatic heterocycles. The minimum absolute atomic E-state index is 0.0420. The van der Waals surface area contributed by atoms with Crippen LogP contribution in [0.4, 0.5) is 0 Å². The zero-order chi connectivity index (χ0) is 32.2. The van der Waals surface area contributed by atoms with Crippen LogP contribution < -0.4 is 21.7 Å². The summed E-state index contributed by atoms with van der Waals surface area (Å²) in [4.78, 5) is 68.4. The van der Waals surface area contributed by atoms with Gasteiger partial charge in [-0.25, -0.2) is 4.79 Å². The third-order valence-corrected chi connectivity index (χ3v) is 7.80. The van der Waals surface area contributed by atoms with Crippen LogP contribution in [0.25, 0.3) is 10.9 Å². The number of H-pyrrole nitrogens is 1. The number of amides is 3. The number of aliphatic carboxylic acids is 1. The van der Waals surface area contributed by atoms with Gasteiger partial charge in [0.1, 0.15) is 18.1 Å². The lowest BCUT2D eigenvalue weighted by Crippen LogP contribution is -2.60. The molecule has 0 fully saturated rings. The fraction of sp³-hybridized carbons (Fsp3) is 0.387. The Bertz CT molecular complexity index is 1450. The van der Waals surface area contributed by atoms with Gasteiger partial charge >= 0.3 is 11.9 Å². The van der Waals surface area contributed by atoms with Gasteiger partial charge in [-0.2, -0.15) is 11.8 Å². The number of esters is 1. The SMILES string of the molecule is COC(=O)C(Cc1c[nH]c2ccccc12)NC(=O)C(NC(=O)[C@H](CCSC)NC(=O)C(C)N)C(Cc1ccccc1)C(=O)O. The van der Waals surface area contributed by atoms with Crippen LogP contribution in [0.5, 0.6) is 0 Å². The first kappa shape index (κ1) is 34.1. The number of benzene rings is 2. The van der Waals surface area contributed by atoms with Gasteiger partial charge in [0.2, 0.25) is 17.7 Å². The van der Waals surface area contributed by atoms with Crippen LogP contribution in [-0.4, -0.2) is 83.0 Å². The summed E-state index contributed by atoms with van der Waals surface area (Å²) >= 11 is 1.45. The van der Waals surface area contributed by atoms with E-state index < -0.39 is 59.7 Å². The Hall–Kier alpha value is -4.36. The number of carboxylic acid groups (broad SMARTS) is 1. The first-order valence-corrected chi connectivity index (χ1v) is 15.5. The number of rotatable bonds is 16. The fourth-order valence-corrected chi connectivity index (χ4v) is 5.22. The number of hydrogen-bond acceptors (Lipinski definition) is 8. The molecule has 4 unspecified atom stereocenters. The summed E-state index contributed by atoms with van der Waals surface area (Å²) in [5.41, 5.74) is 7.87. The minimum atomic E-state index is -1.61. The van der Waals surface area contributed by atoms with Gasteiger partial charge < -0.3 is 36.5 Å². The van der Waals surface area contributed by atoms with Crippen molar-refractivity contribution in [1.82, 2.24) is 20.9 Å². The number of aromatic nitrogens is 1. The average molecular weight is 626 g/mol. The number of carbonyl (C=O) groups excluding carboxylic acids is 4. The van der Waals surface area contributed by atoms with Crippen molar-refractivity contribution in [3.63, 3.8) is 0 Å². The van der Waals surface area contributed by atoms with E-state index in [9.17, 15) is 29.1 Å². The molecular weight excluding hydrogens is 586 g/mol. The second-order valence-electron chi connectivity index (χ2n) is 10.4. The predicted octanol–water partition coefficient (Wildman–Crippen LogP) is 1.38. The summed E-state index contributed by atoms with van der Waals surface area (Å²) in [6.45, 7) is 1.47. The maximum absolute atomic E-state index is 13.9. The molecule has 0 saturated carbocycles. The summed E-state index contributed by atoms with van der Waals surface area (Å²) in [5, 5.41) is 18.9. The Kier molecular flexibility index (Phi) is 12.8. The van der Waals surface area contributed by atoms with E-state index in [1.807, 2.05) is 30.5 Å². The number of thioether (sulfide) groups is 1. The van der Waals surface area contributed by atoms with E-state index in [0.717, 1.165) is 16.5 Å². The number of ether oxygens (including phenoxy) is 1. The molecule has 13 heteroatoms. The number of nitrogens with two attached hydrogens (primary N) is 1. The third-order valence-electron chi connectivity index (χ3n) is 7.16. The lowest BCUT2D eigenvalue weighted by molar-refractivity contribution is -0.148. The molecule has 0 radical (unpaired) electrons. The average Bonchev–Trinajstić information content (AvgIpc) is 3.42. The first-order valence-electron chi connectivity index (χ1n) is 14.1. The predicted molar refractivity (Wildman–Crippen MR) is 168 cm³/mol. The smallest absolute Gasteiger partial charge is 0.328 e. The lowest BCUT2D eigenvalue weighted by atomic mass is 9.90. The highest BCUT2D eigenvalue weighted by Crippen LogP contribution is 2.20. The Morgan fingerprint density at radius 2 is 1.57 bits per heavy atom. The van der Waals surface area contributed by atoms with Gasteiger partial charge in [-0.15, -0.1) is 0 Å². The Balaban J connectivity index is 1.95. The molecular formula is C31H39N5O7S. The monoisotopic (exact) mass is 625 g/mol. The summed E-state index contributed by atoms with van der Waals surface area (Å²) in [5.74, 6) is -5.21. The third kappa shape index (κ3) is 9.32. The molecule has 0 aliphatic rings. The quantitative estimate of drug-likeness (QED) is 0.128. The number of carboxylic acids is 1. The summed E-state index contributed by atoms with van der Waals surface area (Å²) < 4.78 is 4.96. The lowest BCUT2D eigenvalue weighted by Gasteiger charge is -2.28. The van der Waals surface area contributed by atoms with Crippen LogP contribution in [0, 0.1) is 5.92 Å². The van der Waals surface area contributed by atoms with E-state index in [0.29, 0.717) is 11.3 Å². The van der Waals surface area contributed by atoms with E-state index in [2.05, 4.69) is 20.9 Å². The number of hydrogen-bond donors (Lipinski definition) is 6. The standard InChI is InChI=1S/C31H39N5O7S/c1-18(32)27(37)34-24(13-14-44-3)28(38)36-26(22(30(40)41)15-19-9-5-4-6-10-19)29(39)35-25(31(42)43-2)16-20-17-33-23-12-8-7-11-21(20)23/h4-12,17-18,22,24-26,33H,13-16,32H2,1-3H3,(H,34,37)(H,35,39)(H,36,38)(H,40,41)/t18?,22?,24-,25?,26?/m0/s1. The Morgan fingerprint density at radius 3 is 2.20 bits per heavy atom. The summed E-state index contributed by atoms with van der Waals surface area (Å²) in [6, 6.07) is 11.3. The zero-order valence-electron chi connectivity index (χ0n) is 24.9. The zero-order valence-corrected chi connectivity index (χ0v) is 25.7. The summed E-state index contributed by atoms with van der Waals surface area (Å²) in [6.07, 6.45) is 3.71.